The van der Waals surface area contributed by atoms with Crippen LogP contribution in [-0.4, -0.2) is 46.9 Å². The zero-order chi connectivity index (χ0) is 17.1. The first kappa shape index (κ1) is 16.9. The molecule has 3 heterocycles. The summed E-state index contributed by atoms with van der Waals surface area (Å²) in [5, 5.41) is 5.53. The monoisotopic (exact) mass is 330 g/mol. The van der Waals surface area contributed by atoms with Crippen LogP contribution in [-0.2, 0) is 9.59 Å². The Morgan fingerprint density at radius 1 is 1.21 bits per heavy atom. The number of pyridine rings is 1. The molecular formula is C18H26N4O2. The molecule has 1 atom stereocenters. The number of piperidine rings is 2. The molecule has 24 heavy (non-hydrogen) atoms. The van der Waals surface area contributed by atoms with E-state index in [9.17, 15) is 9.59 Å². The van der Waals surface area contributed by atoms with Crippen molar-refractivity contribution in [1.29, 1.82) is 0 Å². The van der Waals surface area contributed by atoms with Crippen LogP contribution in [0.4, 0.5) is 5.69 Å². The lowest BCUT2D eigenvalue weighted by Crippen LogP contribution is -2.47. The van der Waals surface area contributed by atoms with Gasteiger partial charge in [0, 0.05) is 24.1 Å². The molecule has 0 spiro atoms. The molecule has 130 valence electrons. The third kappa shape index (κ3) is 3.93. The molecule has 0 saturated carbocycles. The fourth-order valence-corrected chi connectivity index (χ4v) is 3.48. The molecule has 1 aromatic heterocycles. The summed E-state index contributed by atoms with van der Waals surface area (Å²) in [6.45, 7) is 6.74. The number of aromatic nitrogens is 1. The first-order valence-corrected chi connectivity index (χ1v) is 8.83. The molecule has 2 aliphatic rings. The number of amides is 2. The van der Waals surface area contributed by atoms with Gasteiger partial charge in [-0.3, -0.25) is 19.9 Å². The van der Waals surface area contributed by atoms with Crippen molar-refractivity contribution >= 4 is 17.5 Å². The normalized spacial score (nSPS) is 23.4. The highest BCUT2D eigenvalue weighted by molar-refractivity contribution is 6.01. The van der Waals surface area contributed by atoms with E-state index >= 15 is 0 Å². The van der Waals surface area contributed by atoms with Crippen LogP contribution in [0, 0.1) is 0 Å². The number of imide groups is 1. The molecule has 0 aromatic carbocycles. The predicted octanol–water partition coefficient (Wildman–Crippen LogP) is 1.89. The van der Waals surface area contributed by atoms with Crippen molar-refractivity contribution in [3.05, 3.63) is 24.0 Å². The molecule has 6 nitrogen and oxygen atoms in total. The Hall–Kier alpha value is -1.95. The quantitative estimate of drug-likeness (QED) is 0.825. The molecule has 2 aliphatic heterocycles. The number of nitrogens with one attached hydrogen (secondary N) is 2. The number of anilines is 1. The van der Waals surface area contributed by atoms with Crippen LogP contribution in [0.2, 0.25) is 0 Å². The Morgan fingerprint density at radius 2 is 1.96 bits per heavy atom. The van der Waals surface area contributed by atoms with E-state index in [1.807, 2.05) is 6.07 Å². The van der Waals surface area contributed by atoms with Gasteiger partial charge in [-0.1, -0.05) is 0 Å². The van der Waals surface area contributed by atoms with Crippen LogP contribution >= 0.6 is 0 Å². The van der Waals surface area contributed by atoms with E-state index in [-0.39, 0.29) is 17.9 Å². The SMILES string of the molecule is CC(C)N1CCC(c2ccc(NC3CCC(=O)NC3=O)cn2)CC1. The molecule has 0 radical (unpaired) electrons. The van der Waals surface area contributed by atoms with Crippen molar-refractivity contribution in [2.45, 2.75) is 57.5 Å². The first-order chi connectivity index (χ1) is 11.5. The minimum Gasteiger partial charge on any atom is -0.372 e. The van der Waals surface area contributed by atoms with Crippen molar-refractivity contribution < 1.29 is 9.59 Å². The topological polar surface area (TPSA) is 74.3 Å². The van der Waals surface area contributed by atoms with E-state index in [0.717, 1.165) is 37.3 Å². The molecule has 1 unspecified atom stereocenters. The molecule has 6 heteroatoms. The lowest BCUT2D eigenvalue weighted by atomic mass is 9.92. The maximum absolute atomic E-state index is 11.8. The third-order valence-corrected chi connectivity index (χ3v) is 5.04. The van der Waals surface area contributed by atoms with Crippen molar-refractivity contribution in [2.24, 2.45) is 0 Å². The maximum atomic E-state index is 11.8. The molecule has 2 fully saturated rings. The van der Waals surface area contributed by atoms with Crippen molar-refractivity contribution in [2.75, 3.05) is 18.4 Å². The summed E-state index contributed by atoms with van der Waals surface area (Å²) in [5.41, 5.74) is 1.96. The second-order valence-electron chi connectivity index (χ2n) is 7.02. The number of likely N-dealkylation sites (tertiary alicyclic amines) is 1. The van der Waals surface area contributed by atoms with E-state index in [1.165, 1.54) is 0 Å². The molecule has 0 bridgehead atoms. The van der Waals surface area contributed by atoms with E-state index < -0.39 is 0 Å². The van der Waals surface area contributed by atoms with Crippen LogP contribution in [0.15, 0.2) is 18.3 Å². The Balaban J connectivity index is 1.56. The first-order valence-electron chi connectivity index (χ1n) is 8.83. The summed E-state index contributed by atoms with van der Waals surface area (Å²) < 4.78 is 0. The molecule has 2 saturated heterocycles. The minimum atomic E-state index is -0.357. The summed E-state index contributed by atoms with van der Waals surface area (Å²) in [6, 6.07) is 4.30. The summed E-state index contributed by atoms with van der Waals surface area (Å²) in [7, 11) is 0. The van der Waals surface area contributed by atoms with Crippen LogP contribution in [0.5, 0.6) is 0 Å². The summed E-state index contributed by atoms with van der Waals surface area (Å²) in [4.78, 5) is 30.1. The lowest BCUT2D eigenvalue weighted by Gasteiger charge is -2.34. The van der Waals surface area contributed by atoms with E-state index in [2.05, 4.69) is 40.4 Å². The molecule has 2 N–H and O–H groups in total. The van der Waals surface area contributed by atoms with Gasteiger partial charge in [-0.25, -0.2) is 0 Å². The van der Waals surface area contributed by atoms with E-state index in [0.29, 0.717) is 24.8 Å². The summed E-state index contributed by atoms with van der Waals surface area (Å²) in [6.07, 6.45) is 4.99. The fraction of sp³-hybridized carbons (Fsp3) is 0.611. The Labute approximate surface area is 143 Å². The Morgan fingerprint density at radius 3 is 2.54 bits per heavy atom. The van der Waals surface area contributed by atoms with Gasteiger partial charge in [-0.2, -0.15) is 0 Å². The van der Waals surface area contributed by atoms with Crippen LogP contribution in [0.25, 0.3) is 0 Å². The highest BCUT2D eigenvalue weighted by atomic mass is 16.2. The number of carbonyl (C=O) groups excluding carboxylic acids is 2. The van der Waals surface area contributed by atoms with Crippen LogP contribution in [0.1, 0.15) is 51.1 Å². The van der Waals surface area contributed by atoms with Gasteiger partial charge in [0.15, 0.2) is 0 Å². The number of nitrogens with zero attached hydrogens (tertiary/aromatic N) is 2. The van der Waals surface area contributed by atoms with Gasteiger partial charge in [0.1, 0.15) is 6.04 Å². The highest BCUT2D eigenvalue weighted by Gasteiger charge is 2.27. The number of hydrogen-bond acceptors (Lipinski definition) is 5. The second-order valence-corrected chi connectivity index (χ2v) is 7.02. The van der Waals surface area contributed by atoms with Gasteiger partial charge in [0.25, 0.3) is 0 Å². The Bertz CT molecular complexity index is 592. The van der Waals surface area contributed by atoms with Gasteiger partial charge in [0.2, 0.25) is 11.8 Å². The zero-order valence-electron chi connectivity index (χ0n) is 14.4. The molecule has 3 rings (SSSR count). The van der Waals surface area contributed by atoms with Crippen molar-refractivity contribution in [3.63, 3.8) is 0 Å². The lowest BCUT2D eigenvalue weighted by molar-refractivity contribution is -0.133. The van der Waals surface area contributed by atoms with E-state index in [1.54, 1.807) is 6.20 Å². The smallest absolute Gasteiger partial charge is 0.249 e. The number of hydrogen-bond donors (Lipinski definition) is 2. The zero-order valence-corrected chi connectivity index (χ0v) is 14.4. The maximum Gasteiger partial charge on any atom is 0.249 e. The largest absolute Gasteiger partial charge is 0.372 e. The van der Waals surface area contributed by atoms with Gasteiger partial charge < -0.3 is 10.2 Å². The predicted molar refractivity (Wildman–Crippen MR) is 92.7 cm³/mol. The molecular weight excluding hydrogens is 304 g/mol. The Kier molecular flexibility index (Phi) is 5.14. The van der Waals surface area contributed by atoms with Crippen molar-refractivity contribution in [1.82, 2.24) is 15.2 Å². The average molecular weight is 330 g/mol. The van der Waals surface area contributed by atoms with Crippen LogP contribution in [0.3, 0.4) is 0 Å². The van der Waals surface area contributed by atoms with Crippen molar-refractivity contribution in [3.8, 4) is 0 Å². The van der Waals surface area contributed by atoms with Gasteiger partial charge in [-0.05, 0) is 58.3 Å². The summed E-state index contributed by atoms with van der Waals surface area (Å²) in [5.74, 6) is 0.0697. The molecule has 0 aliphatic carbocycles. The van der Waals surface area contributed by atoms with E-state index in [4.69, 9.17) is 0 Å². The minimum absolute atomic E-state index is 0.195. The second kappa shape index (κ2) is 7.30. The third-order valence-electron chi connectivity index (χ3n) is 5.04. The molecule has 1 aromatic rings. The van der Waals surface area contributed by atoms with Crippen LogP contribution < -0.4 is 10.6 Å². The van der Waals surface area contributed by atoms with Gasteiger partial charge in [-0.15, -0.1) is 0 Å². The standard InChI is InChI=1S/C18H26N4O2/c1-12(2)22-9-7-13(8-10-22)15-4-3-14(11-19-15)20-16-5-6-17(23)21-18(16)24/h3-4,11-13,16,20H,5-10H2,1-2H3,(H,21,23,24). The fourth-order valence-electron chi connectivity index (χ4n) is 3.48. The van der Waals surface area contributed by atoms with Gasteiger partial charge in [0.05, 0.1) is 11.9 Å². The highest BCUT2D eigenvalue weighted by Crippen LogP contribution is 2.28. The number of carbonyl (C=O) groups is 2. The molecule has 2 amide bonds. The average Bonchev–Trinajstić information content (AvgIpc) is 2.58. The summed E-state index contributed by atoms with van der Waals surface area (Å²) >= 11 is 0. The number of rotatable bonds is 4. The van der Waals surface area contributed by atoms with Gasteiger partial charge >= 0.3 is 0 Å².